The number of nitrogens with one attached hydrogen (secondary N) is 1. The van der Waals surface area contributed by atoms with Crippen LogP contribution in [0.3, 0.4) is 0 Å². The van der Waals surface area contributed by atoms with Crippen LogP contribution in [-0.2, 0) is 9.53 Å². The third-order valence-corrected chi connectivity index (χ3v) is 5.31. The summed E-state index contributed by atoms with van der Waals surface area (Å²) in [5, 5.41) is 11.9. The molecule has 1 saturated heterocycles. The predicted octanol–water partition coefficient (Wildman–Crippen LogP) is 1.18. The first kappa shape index (κ1) is 16.1. The monoisotopic (exact) mass is 343 g/mol. The zero-order valence-corrected chi connectivity index (χ0v) is 14.0. The summed E-state index contributed by atoms with van der Waals surface area (Å²) in [7, 11) is 0. The van der Waals surface area contributed by atoms with Crippen molar-refractivity contribution in [2.45, 2.75) is 19.4 Å². The first-order valence-electron chi connectivity index (χ1n) is 8.57. The molecule has 3 unspecified atom stereocenters. The van der Waals surface area contributed by atoms with Gasteiger partial charge in [0.15, 0.2) is 0 Å². The van der Waals surface area contributed by atoms with E-state index in [9.17, 15) is 14.7 Å². The Bertz CT molecular complexity index is 730. The number of amides is 2. The van der Waals surface area contributed by atoms with Crippen LogP contribution in [0.25, 0.3) is 5.57 Å². The Morgan fingerprint density at radius 2 is 2.32 bits per heavy atom. The summed E-state index contributed by atoms with van der Waals surface area (Å²) in [5.41, 5.74) is 2.33. The Labute approximate surface area is 145 Å². The van der Waals surface area contributed by atoms with E-state index in [1.807, 2.05) is 12.1 Å². The van der Waals surface area contributed by atoms with E-state index >= 15 is 0 Å². The molecule has 0 bridgehead atoms. The van der Waals surface area contributed by atoms with E-state index in [-0.39, 0.29) is 18.6 Å². The highest BCUT2D eigenvalue weighted by molar-refractivity contribution is 5.88. The number of carbonyl (C=O) groups is 2. The number of anilines is 1. The summed E-state index contributed by atoms with van der Waals surface area (Å²) < 4.78 is 5.25. The second-order valence-electron chi connectivity index (χ2n) is 6.94. The zero-order chi connectivity index (χ0) is 17.6. The van der Waals surface area contributed by atoms with Crippen molar-refractivity contribution in [2.75, 3.05) is 24.6 Å². The van der Waals surface area contributed by atoms with Gasteiger partial charge in [-0.15, -0.1) is 0 Å². The number of hydrogen-bond donors (Lipinski definition) is 2. The fraction of sp³-hybridized carbons (Fsp3) is 0.500. The Kier molecular flexibility index (Phi) is 3.95. The summed E-state index contributed by atoms with van der Waals surface area (Å²) >= 11 is 0. The molecule has 0 aromatic carbocycles. The summed E-state index contributed by atoms with van der Waals surface area (Å²) in [5.74, 6) is 1.95. The van der Waals surface area contributed by atoms with Crippen LogP contribution in [0.5, 0.6) is 0 Å². The van der Waals surface area contributed by atoms with Crippen LogP contribution < -0.4 is 10.2 Å². The van der Waals surface area contributed by atoms with Gasteiger partial charge >= 0.3 is 6.09 Å². The molecule has 2 N–H and O–H groups in total. The van der Waals surface area contributed by atoms with Gasteiger partial charge < -0.3 is 15.2 Å². The van der Waals surface area contributed by atoms with Crippen LogP contribution in [0, 0.1) is 17.8 Å². The van der Waals surface area contributed by atoms with Gasteiger partial charge in [0.1, 0.15) is 11.9 Å². The minimum Gasteiger partial charge on any atom is -0.442 e. The highest BCUT2D eigenvalue weighted by Gasteiger charge is 2.51. The molecule has 132 valence electrons. The van der Waals surface area contributed by atoms with Crippen LogP contribution in [0.15, 0.2) is 24.4 Å². The Balaban J connectivity index is 1.40. The normalized spacial score (nSPS) is 29.9. The van der Waals surface area contributed by atoms with Crippen LogP contribution in [0.1, 0.15) is 18.9 Å². The molecule has 1 saturated carbocycles. The molecule has 4 rings (SSSR count). The predicted molar refractivity (Wildman–Crippen MR) is 90.7 cm³/mol. The van der Waals surface area contributed by atoms with E-state index in [1.54, 1.807) is 6.20 Å². The topological polar surface area (TPSA) is 91.8 Å². The van der Waals surface area contributed by atoms with E-state index in [1.165, 1.54) is 17.4 Å². The van der Waals surface area contributed by atoms with E-state index in [2.05, 4.69) is 16.4 Å². The average Bonchev–Trinajstić information content (AvgIpc) is 2.94. The second kappa shape index (κ2) is 6.15. The molecule has 2 amide bonds. The second-order valence-corrected chi connectivity index (χ2v) is 6.94. The number of aromatic nitrogens is 1. The number of fused-ring (bicyclic) bond motifs is 1. The van der Waals surface area contributed by atoms with Crippen LogP contribution in [-0.4, -0.2) is 47.9 Å². The highest BCUT2D eigenvalue weighted by atomic mass is 16.6. The smallest absolute Gasteiger partial charge is 0.416 e. The standard InChI is InChI=1S/C18H21N3O4/c1-10(23)19-7-13-8-21(18(24)25-13)17-3-2-11(6-20-17)12-4-14-15(5-12)16(14)9-22/h2-4,6,13-16,22H,5,7-9H2,1H3,(H,19,23)/t13-,14?,15?,16?/m0/s1. The van der Waals surface area contributed by atoms with Gasteiger partial charge in [0.25, 0.3) is 0 Å². The molecule has 1 aromatic heterocycles. The summed E-state index contributed by atoms with van der Waals surface area (Å²) in [6.45, 7) is 2.38. The van der Waals surface area contributed by atoms with Crippen molar-refractivity contribution in [3.8, 4) is 0 Å². The number of cyclic esters (lactones) is 1. The maximum atomic E-state index is 12.0. The Morgan fingerprint density at radius 1 is 1.48 bits per heavy atom. The third-order valence-electron chi connectivity index (χ3n) is 5.31. The lowest BCUT2D eigenvalue weighted by Gasteiger charge is -2.13. The van der Waals surface area contributed by atoms with Crippen LogP contribution >= 0.6 is 0 Å². The van der Waals surface area contributed by atoms with Gasteiger partial charge in [0.05, 0.1) is 13.1 Å². The molecule has 0 radical (unpaired) electrons. The van der Waals surface area contributed by atoms with Crippen molar-refractivity contribution in [2.24, 2.45) is 17.8 Å². The number of allylic oxidation sites excluding steroid dienone is 2. The van der Waals surface area contributed by atoms with Crippen molar-refractivity contribution >= 4 is 23.4 Å². The number of rotatable bonds is 5. The fourth-order valence-corrected chi connectivity index (χ4v) is 3.84. The largest absolute Gasteiger partial charge is 0.442 e. The number of pyridine rings is 1. The number of ether oxygens (including phenoxy) is 1. The first-order valence-corrected chi connectivity index (χ1v) is 8.57. The Hall–Kier alpha value is -2.41. The quantitative estimate of drug-likeness (QED) is 0.838. The van der Waals surface area contributed by atoms with Crippen LogP contribution in [0.2, 0.25) is 0 Å². The van der Waals surface area contributed by atoms with Gasteiger partial charge in [-0.1, -0.05) is 6.08 Å². The summed E-state index contributed by atoms with van der Waals surface area (Å²) in [6, 6.07) is 3.80. The van der Waals surface area contributed by atoms with E-state index < -0.39 is 6.09 Å². The molecule has 2 aliphatic carbocycles. The minimum absolute atomic E-state index is 0.150. The fourth-order valence-electron chi connectivity index (χ4n) is 3.84. The van der Waals surface area contributed by atoms with Crippen molar-refractivity contribution in [1.29, 1.82) is 0 Å². The van der Waals surface area contributed by atoms with Gasteiger partial charge in [0, 0.05) is 19.7 Å². The molecule has 0 spiro atoms. The average molecular weight is 343 g/mol. The zero-order valence-electron chi connectivity index (χ0n) is 14.0. The van der Waals surface area contributed by atoms with Gasteiger partial charge in [-0.25, -0.2) is 9.78 Å². The first-order chi connectivity index (χ1) is 12.1. The number of aliphatic hydroxyl groups excluding tert-OH is 1. The van der Waals surface area contributed by atoms with Crippen molar-refractivity contribution in [3.63, 3.8) is 0 Å². The van der Waals surface area contributed by atoms with Gasteiger partial charge in [-0.3, -0.25) is 9.69 Å². The van der Waals surface area contributed by atoms with Crippen molar-refractivity contribution < 1.29 is 19.4 Å². The van der Waals surface area contributed by atoms with Gasteiger partial charge in [-0.05, 0) is 47.4 Å². The lowest BCUT2D eigenvalue weighted by molar-refractivity contribution is -0.119. The number of nitrogens with zero attached hydrogens (tertiary/aromatic N) is 2. The maximum Gasteiger partial charge on any atom is 0.416 e. The molecule has 1 aromatic rings. The molecule has 7 heteroatoms. The Morgan fingerprint density at radius 3 is 2.92 bits per heavy atom. The lowest BCUT2D eigenvalue weighted by Crippen LogP contribution is -2.33. The highest BCUT2D eigenvalue weighted by Crippen LogP contribution is 2.57. The molecule has 25 heavy (non-hydrogen) atoms. The van der Waals surface area contributed by atoms with Crippen LogP contribution in [0.4, 0.5) is 10.6 Å². The molecular weight excluding hydrogens is 322 g/mol. The molecule has 4 atom stereocenters. The minimum atomic E-state index is -0.442. The van der Waals surface area contributed by atoms with Crippen molar-refractivity contribution in [1.82, 2.24) is 10.3 Å². The lowest BCUT2D eigenvalue weighted by atomic mass is 10.0. The summed E-state index contributed by atoms with van der Waals surface area (Å²) in [6.07, 6.45) is 4.21. The van der Waals surface area contributed by atoms with E-state index in [0.29, 0.717) is 36.7 Å². The summed E-state index contributed by atoms with van der Waals surface area (Å²) in [4.78, 5) is 28.9. The SMILES string of the molecule is CC(=O)NC[C@H]1CN(c2ccc(C3=CC4C(CO)C4C3)cn2)C(=O)O1. The molecule has 2 heterocycles. The van der Waals surface area contributed by atoms with E-state index in [4.69, 9.17) is 4.74 Å². The molecule has 7 nitrogen and oxygen atoms in total. The van der Waals surface area contributed by atoms with E-state index in [0.717, 1.165) is 12.0 Å². The van der Waals surface area contributed by atoms with Gasteiger partial charge in [-0.2, -0.15) is 0 Å². The molecule has 1 aliphatic heterocycles. The number of carbonyl (C=O) groups excluding carboxylic acids is 2. The number of aliphatic hydroxyl groups is 1. The maximum absolute atomic E-state index is 12.0. The molecular formula is C18H21N3O4. The molecule has 2 fully saturated rings. The van der Waals surface area contributed by atoms with Gasteiger partial charge in [0.2, 0.25) is 5.91 Å². The van der Waals surface area contributed by atoms with Crippen molar-refractivity contribution in [3.05, 3.63) is 30.0 Å². The number of hydrogen-bond acceptors (Lipinski definition) is 5. The molecule has 3 aliphatic rings. The third kappa shape index (κ3) is 3.00.